The Kier molecular flexibility index (Phi) is 4.20. The summed E-state index contributed by atoms with van der Waals surface area (Å²) in [6, 6.07) is 0. The summed E-state index contributed by atoms with van der Waals surface area (Å²) in [5.74, 6) is 0.754. The van der Waals surface area contributed by atoms with E-state index in [1.54, 1.807) is 0 Å². The van der Waals surface area contributed by atoms with Crippen LogP contribution in [0.1, 0.15) is 39.5 Å². The molecule has 0 atom stereocenters. The maximum atomic E-state index is 5.67. The van der Waals surface area contributed by atoms with Gasteiger partial charge in [-0.1, -0.05) is 13.8 Å². The third-order valence-corrected chi connectivity index (χ3v) is 2.88. The maximum absolute atomic E-state index is 5.67. The third kappa shape index (κ3) is 4.10. The van der Waals surface area contributed by atoms with Crippen molar-refractivity contribution in [2.45, 2.75) is 39.5 Å². The number of nitrogens with two attached hydrogens (primary N) is 1. The van der Waals surface area contributed by atoms with Crippen LogP contribution in [0.4, 0.5) is 0 Å². The van der Waals surface area contributed by atoms with Crippen molar-refractivity contribution in [1.82, 2.24) is 0 Å². The second kappa shape index (κ2) is 4.97. The van der Waals surface area contributed by atoms with E-state index < -0.39 is 0 Å². The van der Waals surface area contributed by atoms with Crippen molar-refractivity contribution in [1.29, 1.82) is 0 Å². The van der Waals surface area contributed by atoms with Crippen molar-refractivity contribution in [2.24, 2.45) is 17.1 Å². The summed E-state index contributed by atoms with van der Waals surface area (Å²) in [5, 5.41) is 0. The zero-order valence-electron chi connectivity index (χ0n) is 9.01. The van der Waals surface area contributed by atoms with Crippen molar-refractivity contribution in [3.8, 4) is 0 Å². The van der Waals surface area contributed by atoms with Crippen molar-refractivity contribution in [2.75, 3.05) is 19.8 Å². The summed E-state index contributed by atoms with van der Waals surface area (Å²) in [6.45, 7) is 7.14. The smallest absolute Gasteiger partial charge is 0.0522 e. The highest BCUT2D eigenvalue weighted by molar-refractivity contribution is 4.92. The molecule has 0 amide bonds. The van der Waals surface area contributed by atoms with E-state index in [1.165, 1.54) is 19.3 Å². The Bertz CT molecular complexity index is 141. The minimum absolute atomic E-state index is 0.492. The van der Waals surface area contributed by atoms with Crippen LogP contribution in [0.25, 0.3) is 0 Å². The molecule has 78 valence electrons. The predicted octanol–water partition coefficient (Wildman–Crippen LogP) is 2.18. The van der Waals surface area contributed by atoms with Gasteiger partial charge in [0.2, 0.25) is 0 Å². The fourth-order valence-electron chi connectivity index (χ4n) is 1.56. The second-order valence-corrected chi connectivity index (χ2v) is 4.77. The minimum Gasteiger partial charge on any atom is -0.381 e. The molecular formula is C11H23NO. The van der Waals surface area contributed by atoms with Crippen LogP contribution in [-0.4, -0.2) is 19.8 Å². The van der Waals surface area contributed by atoms with Crippen molar-refractivity contribution in [3.63, 3.8) is 0 Å². The van der Waals surface area contributed by atoms with E-state index in [1.807, 2.05) is 0 Å². The van der Waals surface area contributed by atoms with Gasteiger partial charge in [0, 0.05) is 6.61 Å². The monoisotopic (exact) mass is 185 g/mol. The molecule has 0 aromatic carbocycles. The van der Waals surface area contributed by atoms with Gasteiger partial charge in [0.15, 0.2) is 0 Å². The average Bonchev–Trinajstić information content (AvgIpc) is 2.80. The summed E-state index contributed by atoms with van der Waals surface area (Å²) in [6.07, 6.45) is 4.98. The predicted molar refractivity (Wildman–Crippen MR) is 55.6 cm³/mol. The molecule has 0 unspecified atom stereocenters. The fraction of sp³-hybridized carbons (Fsp3) is 1.00. The molecule has 0 bridgehead atoms. The van der Waals surface area contributed by atoms with E-state index in [0.29, 0.717) is 5.41 Å². The first-order valence-corrected chi connectivity index (χ1v) is 5.46. The highest BCUT2D eigenvalue weighted by atomic mass is 16.5. The van der Waals surface area contributed by atoms with Gasteiger partial charge in [-0.3, -0.25) is 0 Å². The van der Waals surface area contributed by atoms with Crippen molar-refractivity contribution < 1.29 is 4.74 Å². The molecule has 0 aromatic rings. The molecule has 0 aromatic heterocycles. The van der Waals surface area contributed by atoms with Gasteiger partial charge < -0.3 is 10.5 Å². The number of hydrogen-bond acceptors (Lipinski definition) is 2. The molecule has 1 fully saturated rings. The van der Waals surface area contributed by atoms with E-state index in [-0.39, 0.29) is 0 Å². The number of rotatable bonds is 7. The van der Waals surface area contributed by atoms with Gasteiger partial charge >= 0.3 is 0 Å². The van der Waals surface area contributed by atoms with E-state index in [2.05, 4.69) is 13.8 Å². The molecular weight excluding hydrogens is 162 g/mol. The van der Waals surface area contributed by atoms with Crippen molar-refractivity contribution >= 4 is 0 Å². The van der Waals surface area contributed by atoms with Crippen LogP contribution in [0.3, 0.4) is 0 Å². The van der Waals surface area contributed by atoms with Crippen LogP contribution in [0.15, 0.2) is 0 Å². The van der Waals surface area contributed by atoms with E-state index in [0.717, 1.165) is 32.1 Å². The molecule has 1 aliphatic carbocycles. The Labute approximate surface area is 81.8 Å². The summed E-state index contributed by atoms with van der Waals surface area (Å²) in [5.41, 5.74) is 6.04. The molecule has 1 rings (SSSR count). The Morgan fingerprint density at radius 1 is 1.38 bits per heavy atom. The Morgan fingerprint density at radius 2 is 2.08 bits per heavy atom. The molecule has 13 heavy (non-hydrogen) atoms. The van der Waals surface area contributed by atoms with Crippen LogP contribution in [0.5, 0.6) is 0 Å². The van der Waals surface area contributed by atoms with Crippen LogP contribution >= 0.6 is 0 Å². The highest BCUT2D eigenvalue weighted by Gasteiger charge is 2.41. The zero-order chi connectivity index (χ0) is 9.73. The molecule has 0 saturated heterocycles. The lowest BCUT2D eigenvalue weighted by molar-refractivity contribution is 0.0801. The quantitative estimate of drug-likeness (QED) is 0.617. The highest BCUT2D eigenvalue weighted by Crippen LogP contribution is 2.48. The Balaban J connectivity index is 1.99. The lowest BCUT2D eigenvalue weighted by Crippen LogP contribution is -2.16. The van der Waals surface area contributed by atoms with E-state index >= 15 is 0 Å². The largest absolute Gasteiger partial charge is 0.381 e. The van der Waals surface area contributed by atoms with Crippen LogP contribution in [-0.2, 0) is 4.74 Å². The van der Waals surface area contributed by atoms with Gasteiger partial charge in [0.1, 0.15) is 0 Å². The molecule has 0 aliphatic heterocycles. The Morgan fingerprint density at radius 3 is 2.54 bits per heavy atom. The van der Waals surface area contributed by atoms with Crippen LogP contribution in [0.2, 0.25) is 0 Å². The van der Waals surface area contributed by atoms with Crippen LogP contribution < -0.4 is 5.73 Å². The van der Waals surface area contributed by atoms with Gasteiger partial charge in [-0.2, -0.15) is 0 Å². The first-order valence-electron chi connectivity index (χ1n) is 5.46. The number of hydrogen-bond donors (Lipinski definition) is 1. The molecule has 0 heterocycles. The zero-order valence-corrected chi connectivity index (χ0v) is 9.01. The van der Waals surface area contributed by atoms with Crippen molar-refractivity contribution in [3.05, 3.63) is 0 Å². The van der Waals surface area contributed by atoms with E-state index in [9.17, 15) is 0 Å². The van der Waals surface area contributed by atoms with Gasteiger partial charge in [0.25, 0.3) is 0 Å². The number of ether oxygens (including phenoxy) is 1. The maximum Gasteiger partial charge on any atom is 0.0522 e. The first kappa shape index (κ1) is 11.0. The standard InChI is InChI=1S/C11H23NO/c1-10(2)3-8-13-9-11(4-5-11)6-7-12/h10H,3-9,12H2,1-2H3. The van der Waals surface area contributed by atoms with Gasteiger partial charge in [-0.15, -0.1) is 0 Å². The molecule has 0 radical (unpaired) electrons. The first-order chi connectivity index (χ1) is 6.18. The summed E-state index contributed by atoms with van der Waals surface area (Å²) in [7, 11) is 0. The van der Waals surface area contributed by atoms with Gasteiger partial charge in [-0.05, 0) is 43.6 Å². The Hall–Kier alpha value is -0.0800. The molecule has 0 spiro atoms. The molecule has 2 nitrogen and oxygen atoms in total. The average molecular weight is 185 g/mol. The molecule has 2 N–H and O–H groups in total. The lowest BCUT2D eigenvalue weighted by Gasteiger charge is -2.14. The van der Waals surface area contributed by atoms with E-state index in [4.69, 9.17) is 10.5 Å². The lowest BCUT2D eigenvalue weighted by atomic mass is 10.0. The molecule has 1 saturated carbocycles. The third-order valence-electron chi connectivity index (χ3n) is 2.88. The van der Waals surface area contributed by atoms with Crippen LogP contribution in [0, 0.1) is 11.3 Å². The fourth-order valence-corrected chi connectivity index (χ4v) is 1.56. The summed E-state index contributed by atoms with van der Waals surface area (Å²) in [4.78, 5) is 0. The summed E-state index contributed by atoms with van der Waals surface area (Å²) >= 11 is 0. The minimum atomic E-state index is 0.492. The van der Waals surface area contributed by atoms with Gasteiger partial charge in [0.05, 0.1) is 6.61 Å². The summed E-state index contributed by atoms with van der Waals surface area (Å²) < 4.78 is 5.67. The topological polar surface area (TPSA) is 35.2 Å². The van der Waals surface area contributed by atoms with Gasteiger partial charge in [-0.25, -0.2) is 0 Å². The molecule has 1 aliphatic rings. The second-order valence-electron chi connectivity index (χ2n) is 4.77. The normalized spacial score (nSPS) is 19.4. The SMILES string of the molecule is CC(C)CCOCC1(CCN)CC1. The molecule has 2 heteroatoms.